The molecule has 0 aliphatic rings. The van der Waals surface area contributed by atoms with Gasteiger partial charge in [-0.15, -0.1) is 13.2 Å². The zero-order chi connectivity index (χ0) is 15.3. The van der Waals surface area contributed by atoms with Crippen molar-refractivity contribution in [2.45, 2.75) is 12.8 Å². The first-order valence-corrected chi connectivity index (χ1v) is 5.03. The fraction of sp³-hybridized carbons (Fsp3) is 0.182. The second-order valence-corrected chi connectivity index (χ2v) is 3.44. The van der Waals surface area contributed by atoms with Crippen LogP contribution in [0.1, 0.15) is 16.8 Å². The molecule has 0 spiro atoms. The van der Waals surface area contributed by atoms with Gasteiger partial charge >= 0.3 is 12.3 Å². The summed E-state index contributed by atoms with van der Waals surface area (Å²) in [6, 6.07) is 3.96. The number of nitriles is 1. The van der Waals surface area contributed by atoms with Crippen molar-refractivity contribution >= 4 is 17.6 Å². The van der Waals surface area contributed by atoms with Crippen molar-refractivity contribution in [2.75, 3.05) is 5.32 Å². The van der Waals surface area contributed by atoms with Crippen LogP contribution in [0.4, 0.5) is 18.9 Å². The van der Waals surface area contributed by atoms with E-state index in [4.69, 9.17) is 10.4 Å². The summed E-state index contributed by atoms with van der Waals surface area (Å²) in [5.41, 5.74) is -0.815. The number of hydrogen-bond acceptors (Lipinski definition) is 4. The number of halogens is 3. The number of rotatable bonds is 4. The number of ether oxygens (including phenoxy) is 1. The van der Waals surface area contributed by atoms with Crippen LogP contribution < -0.4 is 10.1 Å². The minimum Gasteiger partial charge on any atom is -0.478 e. The number of anilines is 1. The SMILES string of the molecule is N#CCC(=O)Nc1ccc(OC(F)(F)F)cc1C(=O)O. The summed E-state index contributed by atoms with van der Waals surface area (Å²) in [6.07, 6.45) is -5.47. The molecule has 0 radical (unpaired) electrons. The van der Waals surface area contributed by atoms with Gasteiger partial charge in [0.25, 0.3) is 0 Å². The molecule has 2 N–H and O–H groups in total. The molecule has 1 rings (SSSR count). The summed E-state index contributed by atoms with van der Waals surface area (Å²) >= 11 is 0. The normalized spacial score (nSPS) is 10.5. The van der Waals surface area contributed by atoms with Crippen molar-refractivity contribution in [1.82, 2.24) is 0 Å². The van der Waals surface area contributed by atoms with Gasteiger partial charge in [0.2, 0.25) is 5.91 Å². The second-order valence-electron chi connectivity index (χ2n) is 3.44. The Morgan fingerprint density at radius 2 is 2.05 bits per heavy atom. The third-order valence-corrected chi connectivity index (χ3v) is 1.97. The Hall–Kier alpha value is -2.76. The van der Waals surface area contributed by atoms with Crippen molar-refractivity contribution in [2.24, 2.45) is 0 Å². The van der Waals surface area contributed by atoms with Crippen LogP contribution in [-0.4, -0.2) is 23.3 Å². The maximum atomic E-state index is 12.0. The highest BCUT2D eigenvalue weighted by atomic mass is 19.4. The number of aromatic carboxylic acids is 1. The van der Waals surface area contributed by atoms with Gasteiger partial charge < -0.3 is 15.2 Å². The maximum Gasteiger partial charge on any atom is 0.573 e. The van der Waals surface area contributed by atoms with E-state index in [2.05, 4.69) is 10.1 Å². The average Bonchev–Trinajstić information content (AvgIpc) is 2.29. The molecule has 0 unspecified atom stereocenters. The molecule has 0 heterocycles. The monoisotopic (exact) mass is 288 g/mol. The summed E-state index contributed by atoms with van der Waals surface area (Å²) in [5, 5.41) is 19.3. The lowest BCUT2D eigenvalue weighted by Gasteiger charge is -2.12. The highest BCUT2D eigenvalue weighted by molar-refractivity contribution is 6.01. The van der Waals surface area contributed by atoms with Crippen molar-refractivity contribution < 1.29 is 32.6 Å². The van der Waals surface area contributed by atoms with Gasteiger partial charge in [0.1, 0.15) is 12.2 Å². The third kappa shape index (κ3) is 4.49. The van der Waals surface area contributed by atoms with Crippen LogP contribution in [0, 0.1) is 11.3 Å². The summed E-state index contributed by atoms with van der Waals surface area (Å²) in [6.45, 7) is 0. The number of nitrogens with zero attached hydrogens (tertiary/aromatic N) is 1. The molecular formula is C11H7F3N2O4. The predicted octanol–water partition coefficient (Wildman–Crippen LogP) is 2.14. The van der Waals surface area contributed by atoms with Gasteiger partial charge in [0.05, 0.1) is 17.3 Å². The molecule has 1 aromatic rings. The lowest BCUT2D eigenvalue weighted by Crippen LogP contribution is -2.18. The number of nitrogens with one attached hydrogen (secondary N) is 1. The molecule has 0 saturated carbocycles. The molecule has 106 valence electrons. The first-order chi connectivity index (χ1) is 9.23. The molecule has 0 aliphatic carbocycles. The summed E-state index contributed by atoms with van der Waals surface area (Å²) in [5.74, 6) is -3.06. The lowest BCUT2D eigenvalue weighted by atomic mass is 10.1. The Morgan fingerprint density at radius 3 is 2.55 bits per heavy atom. The second kappa shape index (κ2) is 5.92. The number of amides is 1. The molecule has 0 saturated heterocycles. The van der Waals surface area contributed by atoms with E-state index in [1.807, 2.05) is 0 Å². The highest BCUT2D eigenvalue weighted by Crippen LogP contribution is 2.27. The first kappa shape index (κ1) is 15.3. The van der Waals surface area contributed by atoms with E-state index in [0.29, 0.717) is 6.07 Å². The quantitative estimate of drug-likeness (QED) is 0.884. The van der Waals surface area contributed by atoms with E-state index in [0.717, 1.165) is 12.1 Å². The Bertz CT molecular complexity index is 578. The highest BCUT2D eigenvalue weighted by Gasteiger charge is 2.31. The molecule has 0 aliphatic heterocycles. The molecule has 0 bridgehead atoms. The van der Waals surface area contributed by atoms with E-state index in [-0.39, 0.29) is 5.69 Å². The number of carbonyl (C=O) groups is 2. The Morgan fingerprint density at radius 1 is 1.40 bits per heavy atom. The molecule has 1 aromatic carbocycles. The topological polar surface area (TPSA) is 99.4 Å². The van der Waals surface area contributed by atoms with Gasteiger partial charge in [-0.1, -0.05) is 0 Å². The standard InChI is InChI=1S/C11H7F3N2O4/c12-11(13,14)20-6-1-2-8(7(5-6)10(18)19)16-9(17)3-4-15/h1-2,5H,3H2,(H,16,17)(H,18,19). The molecular weight excluding hydrogens is 281 g/mol. The van der Waals surface area contributed by atoms with Crippen LogP contribution in [0.15, 0.2) is 18.2 Å². The molecule has 1 amide bonds. The van der Waals surface area contributed by atoms with E-state index in [9.17, 15) is 22.8 Å². The van der Waals surface area contributed by atoms with Crippen molar-refractivity contribution in [3.8, 4) is 11.8 Å². The Labute approximate surface area is 110 Å². The van der Waals surface area contributed by atoms with Crippen molar-refractivity contribution in [1.29, 1.82) is 5.26 Å². The van der Waals surface area contributed by atoms with Crippen molar-refractivity contribution in [3.05, 3.63) is 23.8 Å². The van der Waals surface area contributed by atoms with E-state index in [1.165, 1.54) is 0 Å². The molecule has 6 nitrogen and oxygen atoms in total. The number of benzene rings is 1. The van der Waals surface area contributed by atoms with Gasteiger partial charge in [-0.25, -0.2) is 4.79 Å². The minimum absolute atomic E-state index is 0.229. The van der Waals surface area contributed by atoms with Gasteiger partial charge in [-0.3, -0.25) is 4.79 Å². The van der Waals surface area contributed by atoms with Crippen LogP contribution >= 0.6 is 0 Å². The van der Waals surface area contributed by atoms with E-state index >= 15 is 0 Å². The fourth-order valence-electron chi connectivity index (χ4n) is 1.27. The molecule has 9 heteroatoms. The Balaban J connectivity index is 3.06. The van der Waals surface area contributed by atoms with Crippen LogP contribution in [0.3, 0.4) is 0 Å². The number of alkyl halides is 3. The summed E-state index contributed by atoms with van der Waals surface area (Å²) in [4.78, 5) is 22.1. The third-order valence-electron chi connectivity index (χ3n) is 1.97. The largest absolute Gasteiger partial charge is 0.573 e. The summed E-state index contributed by atoms with van der Waals surface area (Å²) in [7, 11) is 0. The van der Waals surface area contributed by atoms with Gasteiger partial charge in [-0.05, 0) is 18.2 Å². The zero-order valence-corrected chi connectivity index (χ0v) is 9.69. The van der Waals surface area contributed by atoms with Gasteiger partial charge in [0, 0.05) is 0 Å². The Kier molecular flexibility index (Phi) is 4.53. The van der Waals surface area contributed by atoms with E-state index in [1.54, 1.807) is 6.07 Å². The predicted molar refractivity (Wildman–Crippen MR) is 58.9 cm³/mol. The zero-order valence-electron chi connectivity index (χ0n) is 9.69. The molecule has 0 atom stereocenters. The number of hydrogen-bond donors (Lipinski definition) is 2. The van der Waals surface area contributed by atoms with Gasteiger partial charge in [-0.2, -0.15) is 5.26 Å². The molecule has 20 heavy (non-hydrogen) atoms. The fourth-order valence-corrected chi connectivity index (χ4v) is 1.27. The van der Waals surface area contributed by atoms with Crippen LogP contribution in [0.25, 0.3) is 0 Å². The number of carbonyl (C=O) groups excluding carboxylic acids is 1. The number of carboxylic acid groups (broad SMARTS) is 1. The molecule has 0 aromatic heterocycles. The minimum atomic E-state index is -4.96. The molecule has 0 fully saturated rings. The maximum absolute atomic E-state index is 12.0. The van der Waals surface area contributed by atoms with Crippen molar-refractivity contribution in [3.63, 3.8) is 0 Å². The van der Waals surface area contributed by atoms with Crippen LogP contribution in [-0.2, 0) is 4.79 Å². The first-order valence-electron chi connectivity index (χ1n) is 5.03. The average molecular weight is 288 g/mol. The van der Waals surface area contributed by atoms with Crippen LogP contribution in [0.2, 0.25) is 0 Å². The van der Waals surface area contributed by atoms with E-state index < -0.39 is 36.0 Å². The smallest absolute Gasteiger partial charge is 0.478 e. The van der Waals surface area contributed by atoms with Gasteiger partial charge in [0.15, 0.2) is 0 Å². The lowest BCUT2D eigenvalue weighted by molar-refractivity contribution is -0.274. The summed E-state index contributed by atoms with van der Waals surface area (Å²) < 4.78 is 39.6. The number of carboxylic acids is 1. The van der Waals surface area contributed by atoms with Crippen LogP contribution in [0.5, 0.6) is 5.75 Å².